The number of carbonyl (C=O) groups is 1. The second-order valence-electron chi connectivity index (χ2n) is 3.54. The van der Waals surface area contributed by atoms with Crippen molar-refractivity contribution in [2.24, 2.45) is 0 Å². The highest BCUT2D eigenvalue weighted by molar-refractivity contribution is 7.89. The van der Waals surface area contributed by atoms with Crippen molar-refractivity contribution >= 4 is 15.9 Å². The molecule has 84 valence electrons. The molecule has 16 heavy (non-hydrogen) atoms. The molecule has 1 aliphatic rings. The summed E-state index contributed by atoms with van der Waals surface area (Å²) < 4.78 is 24.4. The monoisotopic (exact) mass is 237 g/mol. The van der Waals surface area contributed by atoms with E-state index >= 15 is 0 Å². The van der Waals surface area contributed by atoms with Crippen LogP contribution in [0, 0.1) is 0 Å². The molecule has 0 aliphatic carbocycles. The Morgan fingerprint density at radius 1 is 1.38 bits per heavy atom. The van der Waals surface area contributed by atoms with Crippen LogP contribution in [0.25, 0.3) is 0 Å². The van der Waals surface area contributed by atoms with Gasteiger partial charge in [-0.2, -0.15) is 0 Å². The van der Waals surface area contributed by atoms with E-state index in [0.717, 1.165) is 9.87 Å². The third-order valence-electron chi connectivity index (χ3n) is 2.45. The lowest BCUT2D eigenvalue weighted by Crippen LogP contribution is -2.32. The summed E-state index contributed by atoms with van der Waals surface area (Å²) in [4.78, 5) is 11.8. The summed E-state index contributed by atoms with van der Waals surface area (Å²) in [7, 11) is -3.56. The third kappa shape index (κ3) is 1.63. The second-order valence-corrected chi connectivity index (χ2v) is 5.47. The average molecular weight is 237 g/mol. The van der Waals surface area contributed by atoms with E-state index < -0.39 is 15.9 Å². The molecule has 1 aliphatic heterocycles. The Labute approximate surface area is 94.2 Å². The third-order valence-corrected chi connectivity index (χ3v) is 4.08. The van der Waals surface area contributed by atoms with Crippen LogP contribution >= 0.6 is 0 Å². The van der Waals surface area contributed by atoms with E-state index in [-0.39, 0.29) is 12.3 Å². The molecule has 0 saturated carbocycles. The van der Waals surface area contributed by atoms with Gasteiger partial charge in [-0.05, 0) is 11.6 Å². The molecular weight excluding hydrogens is 226 g/mol. The number of hydrogen-bond donors (Lipinski definition) is 0. The van der Waals surface area contributed by atoms with Crippen molar-refractivity contribution in [3.8, 4) is 0 Å². The first-order valence-corrected chi connectivity index (χ1v) is 6.41. The van der Waals surface area contributed by atoms with E-state index in [9.17, 15) is 13.2 Å². The zero-order chi connectivity index (χ0) is 11.8. The zero-order valence-electron chi connectivity index (χ0n) is 8.59. The van der Waals surface area contributed by atoms with Gasteiger partial charge in [0, 0.05) is 5.56 Å². The molecule has 1 amide bonds. The average Bonchev–Trinajstić information content (AvgIpc) is 2.58. The fourth-order valence-electron chi connectivity index (χ4n) is 1.69. The van der Waals surface area contributed by atoms with Crippen molar-refractivity contribution in [2.75, 3.05) is 5.75 Å². The topological polar surface area (TPSA) is 54.5 Å². The lowest BCUT2D eigenvalue weighted by molar-refractivity contribution is 0.0879. The van der Waals surface area contributed by atoms with E-state index in [0.29, 0.717) is 5.56 Å². The number of amides is 1. The van der Waals surface area contributed by atoms with Crippen LogP contribution in [0.5, 0.6) is 0 Å². The number of benzene rings is 1. The van der Waals surface area contributed by atoms with Crippen LogP contribution < -0.4 is 0 Å². The molecular formula is C11H11NO3S. The van der Waals surface area contributed by atoms with Gasteiger partial charge in [0.1, 0.15) is 0 Å². The first-order valence-electron chi connectivity index (χ1n) is 4.80. The highest BCUT2D eigenvalue weighted by Gasteiger charge is 2.34. The van der Waals surface area contributed by atoms with Gasteiger partial charge in [0.25, 0.3) is 5.91 Å². The van der Waals surface area contributed by atoms with Crippen LogP contribution in [0.15, 0.2) is 36.9 Å². The minimum Gasteiger partial charge on any atom is -0.268 e. The van der Waals surface area contributed by atoms with Gasteiger partial charge >= 0.3 is 0 Å². The summed E-state index contributed by atoms with van der Waals surface area (Å²) in [5.41, 5.74) is 1.22. The van der Waals surface area contributed by atoms with Crippen LogP contribution in [0.3, 0.4) is 0 Å². The predicted octanol–water partition coefficient (Wildman–Crippen LogP) is 1.16. The number of nitrogens with zero attached hydrogens (tertiary/aromatic N) is 1. The molecule has 1 heterocycles. The Hall–Kier alpha value is -1.62. The molecule has 1 aromatic carbocycles. The maximum atomic E-state index is 11.8. The van der Waals surface area contributed by atoms with Gasteiger partial charge in [0.15, 0.2) is 0 Å². The summed E-state index contributed by atoms with van der Waals surface area (Å²) >= 11 is 0. The SMILES string of the molecule is C=CCS(=O)(=O)N1Cc2ccccc2C1=O. The van der Waals surface area contributed by atoms with Crippen LogP contribution in [0.1, 0.15) is 15.9 Å². The molecule has 0 radical (unpaired) electrons. The molecule has 0 atom stereocenters. The highest BCUT2D eigenvalue weighted by atomic mass is 32.2. The summed E-state index contributed by atoms with van der Waals surface area (Å²) in [5, 5.41) is 0. The van der Waals surface area contributed by atoms with E-state index in [4.69, 9.17) is 0 Å². The lowest BCUT2D eigenvalue weighted by Gasteiger charge is -2.14. The normalized spacial score (nSPS) is 15.0. The first-order chi connectivity index (χ1) is 7.56. The van der Waals surface area contributed by atoms with Crippen molar-refractivity contribution in [3.05, 3.63) is 48.0 Å². The maximum absolute atomic E-state index is 11.8. The van der Waals surface area contributed by atoms with Gasteiger partial charge in [0.2, 0.25) is 10.0 Å². The van der Waals surface area contributed by atoms with Crippen molar-refractivity contribution in [2.45, 2.75) is 6.54 Å². The molecule has 0 spiro atoms. The minimum absolute atomic E-state index is 0.130. The van der Waals surface area contributed by atoms with Gasteiger partial charge in [-0.3, -0.25) is 4.79 Å². The highest BCUT2D eigenvalue weighted by Crippen LogP contribution is 2.24. The van der Waals surface area contributed by atoms with E-state index in [1.54, 1.807) is 24.3 Å². The Morgan fingerprint density at radius 2 is 2.06 bits per heavy atom. The molecule has 0 fully saturated rings. The van der Waals surface area contributed by atoms with Crippen molar-refractivity contribution < 1.29 is 13.2 Å². The van der Waals surface area contributed by atoms with Crippen molar-refractivity contribution in [1.29, 1.82) is 0 Å². The Kier molecular flexibility index (Phi) is 2.55. The van der Waals surface area contributed by atoms with Gasteiger partial charge < -0.3 is 0 Å². The summed E-state index contributed by atoms with van der Waals surface area (Å²) in [5.74, 6) is -0.662. The van der Waals surface area contributed by atoms with Crippen molar-refractivity contribution in [3.63, 3.8) is 0 Å². The number of carbonyl (C=O) groups excluding carboxylic acids is 1. The standard InChI is InChI=1S/C11H11NO3S/c1-2-7-16(14,15)12-8-9-5-3-4-6-10(9)11(12)13/h2-6H,1,7-8H2. The number of sulfonamides is 1. The number of fused-ring (bicyclic) bond motifs is 1. The molecule has 5 heteroatoms. The summed E-state index contributed by atoms with van der Waals surface area (Å²) in [6.45, 7) is 3.50. The van der Waals surface area contributed by atoms with Gasteiger partial charge in [0.05, 0.1) is 12.3 Å². The molecule has 0 bridgehead atoms. The van der Waals surface area contributed by atoms with E-state index in [1.807, 2.05) is 0 Å². The van der Waals surface area contributed by atoms with Gasteiger partial charge in [-0.1, -0.05) is 24.3 Å². The van der Waals surface area contributed by atoms with Crippen LogP contribution in [0.4, 0.5) is 0 Å². The fourth-order valence-corrected chi connectivity index (χ4v) is 2.86. The molecule has 0 unspecified atom stereocenters. The lowest BCUT2D eigenvalue weighted by atomic mass is 10.1. The predicted molar refractivity (Wildman–Crippen MR) is 60.3 cm³/mol. The van der Waals surface area contributed by atoms with Crippen LogP contribution in [-0.2, 0) is 16.6 Å². The zero-order valence-corrected chi connectivity index (χ0v) is 9.40. The number of rotatable bonds is 3. The molecule has 0 aromatic heterocycles. The Balaban J connectivity index is 2.39. The van der Waals surface area contributed by atoms with Crippen LogP contribution in [0.2, 0.25) is 0 Å². The molecule has 4 nitrogen and oxygen atoms in total. The summed E-state index contributed by atoms with van der Waals surface area (Å²) in [6.07, 6.45) is 1.28. The number of hydrogen-bond acceptors (Lipinski definition) is 3. The quantitative estimate of drug-likeness (QED) is 0.741. The van der Waals surface area contributed by atoms with E-state index in [2.05, 4.69) is 6.58 Å². The summed E-state index contributed by atoms with van der Waals surface area (Å²) in [6, 6.07) is 6.91. The first kappa shape index (κ1) is 10.9. The van der Waals surface area contributed by atoms with Crippen LogP contribution in [-0.4, -0.2) is 24.4 Å². The smallest absolute Gasteiger partial charge is 0.268 e. The minimum atomic E-state index is -3.56. The van der Waals surface area contributed by atoms with Gasteiger partial charge in [-0.25, -0.2) is 12.7 Å². The van der Waals surface area contributed by atoms with E-state index in [1.165, 1.54) is 6.08 Å². The largest absolute Gasteiger partial charge is 0.268 e. The molecule has 1 aromatic rings. The molecule has 0 saturated heterocycles. The molecule has 0 N–H and O–H groups in total. The second kappa shape index (κ2) is 3.75. The molecule has 2 rings (SSSR count). The fraction of sp³-hybridized carbons (Fsp3) is 0.182. The maximum Gasteiger partial charge on any atom is 0.268 e. The van der Waals surface area contributed by atoms with Gasteiger partial charge in [-0.15, -0.1) is 6.58 Å². The Morgan fingerprint density at radius 3 is 2.69 bits per heavy atom. The van der Waals surface area contributed by atoms with Crippen molar-refractivity contribution in [1.82, 2.24) is 4.31 Å². The Bertz CT molecular complexity index is 548.